The topological polar surface area (TPSA) is 90.6 Å². The molecule has 2 aliphatic heterocycles. The highest BCUT2D eigenvalue weighted by molar-refractivity contribution is 7.17. The molecule has 2 bridgehead atoms. The zero-order valence-electron chi connectivity index (χ0n) is 13.7. The quantitative estimate of drug-likeness (QED) is 0.558. The molecule has 5 rings (SSSR count). The number of thiophene rings is 1. The van der Waals surface area contributed by atoms with Crippen LogP contribution >= 0.6 is 23.7 Å². The zero-order valence-corrected chi connectivity index (χ0v) is 15.4. The molecule has 5 heterocycles. The van der Waals surface area contributed by atoms with Crippen LogP contribution in [0.25, 0.3) is 10.2 Å². The van der Waals surface area contributed by atoms with Crippen molar-refractivity contribution in [2.45, 2.75) is 44.3 Å². The minimum atomic E-state index is 0. The molecule has 9 heteroatoms. The lowest BCUT2D eigenvalue weighted by Gasteiger charge is -2.21. The lowest BCUT2D eigenvalue weighted by molar-refractivity contribution is 0.525. The van der Waals surface area contributed by atoms with Gasteiger partial charge in [0.25, 0.3) is 0 Å². The fraction of sp³-hybridized carbons (Fsp3) is 0.438. The van der Waals surface area contributed by atoms with E-state index in [2.05, 4.69) is 31.1 Å². The highest BCUT2D eigenvalue weighted by Crippen LogP contribution is 2.32. The van der Waals surface area contributed by atoms with Crippen molar-refractivity contribution < 1.29 is 0 Å². The van der Waals surface area contributed by atoms with Gasteiger partial charge in [0, 0.05) is 29.9 Å². The van der Waals surface area contributed by atoms with Crippen LogP contribution in [0.3, 0.4) is 0 Å². The molecule has 0 amide bonds. The smallest absolute Gasteiger partial charge is 0.225 e. The molecule has 0 saturated carbocycles. The van der Waals surface area contributed by atoms with Gasteiger partial charge in [-0.05, 0) is 37.6 Å². The molecule has 0 radical (unpaired) electrons. The summed E-state index contributed by atoms with van der Waals surface area (Å²) in [5.41, 5.74) is 1.98. The predicted octanol–water partition coefficient (Wildman–Crippen LogP) is 3.19. The van der Waals surface area contributed by atoms with Gasteiger partial charge in [-0.1, -0.05) is 0 Å². The fourth-order valence-corrected chi connectivity index (χ4v) is 4.54. The summed E-state index contributed by atoms with van der Waals surface area (Å²) < 4.78 is 1.05. The van der Waals surface area contributed by atoms with E-state index in [0.29, 0.717) is 24.1 Å². The molecule has 132 valence electrons. The first-order valence-electron chi connectivity index (χ1n) is 8.31. The normalized spacial score (nSPS) is 24.4. The summed E-state index contributed by atoms with van der Waals surface area (Å²) in [6, 6.07) is 5.62. The summed E-state index contributed by atoms with van der Waals surface area (Å²) >= 11 is 1.64. The van der Waals surface area contributed by atoms with Crippen molar-refractivity contribution in [3.8, 4) is 0 Å². The molecule has 2 saturated heterocycles. The van der Waals surface area contributed by atoms with Crippen LogP contribution in [0, 0.1) is 6.92 Å². The van der Waals surface area contributed by atoms with Crippen molar-refractivity contribution >= 4 is 51.5 Å². The molecule has 3 aromatic rings. The maximum absolute atomic E-state index is 4.72. The summed E-state index contributed by atoms with van der Waals surface area (Å²) in [7, 11) is 0. The number of rotatable bonds is 4. The van der Waals surface area contributed by atoms with Gasteiger partial charge in [-0.2, -0.15) is 10.1 Å². The van der Waals surface area contributed by atoms with Gasteiger partial charge in [0.15, 0.2) is 11.6 Å². The van der Waals surface area contributed by atoms with Crippen molar-refractivity contribution in [1.29, 1.82) is 0 Å². The number of hydrogen-bond donors (Lipinski definition) is 4. The Morgan fingerprint density at radius 1 is 1.28 bits per heavy atom. The fourth-order valence-electron chi connectivity index (χ4n) is 3.77. The van der Waals surface area contributed by atoms with E-state index in [-0.39, 0.29) is 12.4 Å². The Bertz CT molecular complexity index is 892. The van der Waals surface area contributed by atoms with Crippen LogP contribution in [0.1, 0.15) is 25.0 Å². The van der Waals surface area contributed by atoms with Crippen LogP contribution < -0.4 is 16.0 Å². The van der Waals surface area contributed by atoms with Gasteiger partial charge >= 0.3 is 0 Å². The van der Waals surface area contributed by atoms with Crippen LogP contribution in [-0.2, 0) is 0 Å². The third-order valence-corrected chi connectivity index (χ3v) is 5.78. The van der Waals surface area contributed by atoms with Gasteiger partial charge in [0.05, 0.1) is 10.2 Å². The maximum Gasteiger partial charge on any atom is 0.225 e. The molecule has 7 nitrogen and oxygen atoms in total. The predicted molar refractivity (Wildman–Crippen MR) is 103 cm³/mol. The van der Waals surface area contributed by atoms with E-state index in [0.717, 1.165) is 34.0 Å². The van der Waals surface area contributed by atoms with E-state index in [1.807, 2.05) is 24.4 Å². The Morgan fingerprint density at radius 3 is 2.92 bits per heavy atom. The molecule has 2 fully saturated rings. The second-order valence-electron chi connectivity index (χ2n) is 6.63. The van der Waals surface area contributed by atoms with Crippen LogP contribution in [-0.4, -0.2) is 38.3 Å². The number of halogens is 1. The van der Waals surface area contributed by atoms with Crippen LogP contribution in [0.2, 0.25) is 0 Å². The van der Waals surface area contributed by atoms with E-state index in [4.69, 9.17) is 4.98 Å². The lowest BCUT2D eigenvalue weighted by Crippen LogP contribution is -2.34. The molecule has 4 N–H and O–H groups in total. The molecule has 2 unspecified atom stereocenters. The number of anilines is 3. The number of nitrogens with one attached hydrogen (secondary N) is 4. The Hall–Kier alpha value is -1.90. The van der Waals surface area contributed by atoms with Crippen molar-refractivity contribution in [3.63, 3.8) is 0 Å². The SMILES string of the molecule is Cc1cc(Nc2nc(N[C@@H]3CC4CCC3N4)nc3ccsc23)n[nH]1.Cl. The van der Waals surface area contributed by atoms with Gasteiger partial charge in [-0.15, -0.1) is 23.7 Å². The van der Waals surface area contributed by atoms with Gasteiger partial charge in [-0.3, -0.25) is 5.10 Å². The minimum Gasteiger partial charge on any atom is -0.350 e. The molecular weight excluding hydrogens is 358 g/mol. The van der Waals surface area contributed by atoms with Crippen molar-refractivity contribution in [3.05, 3.63) is 23.2 Å². The summed E-state index contributed by atoms with van der Waals surface area (Å²) in [5, 5.41) is 19.7. The first kappa shape index (κ1) is 16.6. The molecule has 0 aliphatic carbocycles. The number of aromatic amines is 1. The molecule has 3 atom stereocenters. The molecule has 0 aromatic carbocycles. The van der Waals surface area contributed by atoms with Crippen LogP contribution in [0.5, 0.6) is 0 Å². The van der Waals surface area contributed by atoms with E-state index in [1.165, 1.54) is 12.8 Å². The summed E-state index contributed by atoms with van der Waals surface area (Å²) in [5.74, 6) is 2.27. The lowest BCUT2D eigenvalue weighted by atomic mass is 9.96. The average Bonchev–Trinajstić information content (AvgIpc) is 3.31. The van der Waals surface area contributed by atoms with Crippen molar-refractivity contribution in [1.82, 2.24) is 25.5 Å². The number of nitrogens with zero attached hydrogens (tertiary/aromatic N) is 3. The number of hydrogen-bond acceptors (Lipinski definition) is 7. The maximum atomic E-state index is 4.72. The van der Waals surface area contributed by atoms with Crippen LogP contribution in [0.15, 0.2) is 17.5 Å². The second-order valence-corrected chi connectivity index (χ2v) is 7.54. The van der Waals surface area contributed by atoms with Crippen molar-refractivity contribution in [2.75, 3.05) is 10.6 Å². The van der Waals surface area contributed by atoms with Gasteiger partial charge in [-0.25, -0.2) is 4.98 Å². The number of aryl methyl sites for hydroxylation is 1. The largest absolute Gasteiger partial charge is 0.350 e. The third-order valence-electron chi connectivity index (χ3n) is 4.87. The molecular formula is C16H20ClN7S. The second kappa shape index (κ2) is 6.44. The van der Waals surface area contributed by atoms with E-state index in [9.17, 15) is 0 Å². The number of fused-ring (bicyclic) bond motifs is 3. The van der Waals surface area contributed by atoms with Gasteiger partial charge in [0.1, 0.15) is 0 Å². The first-order valence-corrected chi connectivity index (χ1v) is 9.19. The van der Waals surface area contributed by atoms with Gasteiger partial charge < -0.3 is 16.0 Å². The van der Waals surface area contributed by atoms with E-state index >= 15 is 0 Å². The van der Waals surface area contributed by atoms with E-state index in [1.54, 1.807) is 11.3 Å². The van der Waals surface area contributed by atoms with Crippen LogP contribution in [0.4, 0.5) is 17.6 Å². The first-order chi connectivity index (χ1) is 11.7. The Balaban J connectivity index is 0.00000157. The highest BCUT2D eigenvalue weighted by Gasteiger charge is 2.39. The summed E-state index contributed by atoms with van der Waals surface area (Å²) in [6.07, 6.45) is 3.68. The van der Waals surface area contributed by atoms with E-state index < -0.39 is 0 Å². The van der Waals surface area contributed by atoms with Gasteiger partial charge in [0.2, 0.25) is 5.95 Å². The Kier molecular flexibility index (Phi) is 4.26. The zero-order chi connectivity index (χ0) is 16.1. The summed E-state index contributed by atoms with van der Waals surface area (Å²) in [4.78, 5) is 9.40. The molecule has 3 aromatic heterocycles. The number of aromatic nitrogens is 4. The minimum absolute atomic E-state index is 0. The monoisotopic (exact) mass is 377 g/mol. The third kappa shape index (κ3) is 3.05. The Labute approximate surface area is 155 Å². The molecule has 2 aliphatic rings. The Morgan fingerprint density at radius 2 is 2.20 bits per heavy atom. The summed E-state index contributed by atoms with van der Waals surface area (Å²) in [6.45, 7) is 1.98. The molecule has 25 heavy (non-hydrogen) atoms. The molecule has 0 spiro atoms. The standard InChI is InChI=1S/C16H19N7S.ClH/c1-8-6-13(23-22-8)20-15-14-11(4-5-24-14)18-16(21-15)19-12-7-9-2-3-10(12)17-9;/h4-6,9-10,12,17H,2-3,7H2,1H3,(H3,18,19,20,21,22,23);1H/t9?,10?,12-;/m1./s1. The average molecular weight is 378 g/mol. The van der Waals surface area contributed by atoms with Crippen molar-refractivity contribution in [2.24, 2.45) is 0 Å². The highest BCUT2D eigenvalue weighted by atomic mass is 35.5. The number of H-pyrrole nitrogens is 1.